The summed E-state index contributed by atoms with van der Waals surface area (Å²) in [6.45, 7) is 3.99. The molecule has 2 rings (SSSR count). The number of para-hydroxylation sites is 2. The maximum atomic E-state index is 11.5. The maximum absolute atomic E-state index is 11.5. The molecule has 0 saturated heterocycles. The van der Waals surface area contributed by atoms with Crippen molar-refractivity contribution in [1.82, 2.24) is 0 Å². The van der Waals surface area contributed by atoms with Crippen LogP contribution in [0.1, 0.15) is 16.7 Å². The van der Waals surface area contributed by atoms with Crippen molar-refractivity contribution in [2.75, 3.05) is 7.11 Å². The topological polar surface area (TPSA) is 55.8 Å². The molecular formula is C18H20O4. The zero-order valence-electron chi connectivity index (χ0n) is 13.0. The van der Waals surface area contributed by atoms with Crippen LogP contribution in [0.25, 0.3) is 0 Å². The highest BCUT2D eigenvalue weighted by Gasteiger charge is 2.22. The quantitative estimate of drug-likeness (QED) is 0.888. The van der Waals surface area contributed by atoms with Gasteiger partial charge in [-0.15, -0.1) is 0 Å². The number of methoxy groups -OCH3 is 1. The molecule has 1 N–H and O–H groups in total. The molecule has 1 atom stereocenters. The highest BCUT2D eigenvalue weighted by molar-refractivity contribution is 5.73. The van der Waals surface area contributed by atoms with Crippen LogP contribution in [0.4, 0.5) is 0 Å². The second kappa shape index (κ2) is 6.98. The van der Waals surface area contributed by atoms with E-state index in [9.17, 15) is 9.90 Å². The van der Waals surface area contributed by atoms with Gasteiger partial charge in [0.25, 0.3) is 0 Å². The first-order valence-corrected chi connectivity index (χ1v) is 7.10. The number of carboxylic acid groups (broad SMARTS) is 1. The number of aryl methyl sites for hydroxylation is 2. The number of rotatable bonds is 6. The largest absolute Gasteiger partial charge is 0.493 e. The number of hydrogen-bond acceptors (Lipinski definition) is 3. The monoisotopic (exact) mass is 300 g/mol. The molecule has 0 amide bonds. The fourth-order valence-corrected chi connectivity index (χ4v) is 2.32. The second-order valence-corrected chi connectivity index (χ2v) is 5.23. The Morgan fingerprint density at radius 1 is 1.14 bits per heavy atom. The lowest BCUT2D eigenvalue weighted by molar-refractivity contribution is -0.145. The van der Waals surface area contributed by atoms with Gasteiger partial charge < -0.3 is 14.6 Å². The first-order chi connectivity index (χ1) is 10.5. The van der Waals surface area contributed by atoms with E-state index in [-0.39, 0.29) is 0 Å². The van der Waals surface area contributed by atoms with Gasteiger partial charge in [-0.05, 0) is 37.1 Å². The van der Waals surface area contributed by atoms with E-state index in [0.717, 1.165) is 16.7 Å². The van der Waals surface area contributed by atoms with Crippen LogP contribution in [-0.2, 0) is 11.2 Å². The Morgan fingerprint density at radius 2 is 1.82 bits per heavy atom. The summed E-state index contributed by atoms with van der Waals surface area (Å²) in [6.07, 6.45) is -0.655. The smallest absolute Gasteiger partial charge is 0.345 e. The molecular weight excluding hydrogens is 280 g/mol. The molecule has 2 aromatic carbocycles. The van der Waals surface area contributed by atoms with Crippen LogP contribution < -0.4 is 9.47 Å². The SMILES string of the molecule is COc1ccccc1O[C@@H](Cc1ccc(C)cc1C)C(=O)O. The standard InChI is InChI=1S/C18H20O4/c1-12-8-9-14(13(2)10-12)11-17(18(19)20)22-16-7-5-4-6-15(16)21-3/h4-10,17H,11H2,1-3H3,(H,19,20)/t17-/m0/s1. The zero-order chi connectivity index (χ0) is 16.1. The Bertz CT molecular complexity index is 664. The van der Waals surface area contributed by atoms with Gasteiger partial charge in [0.2, 0.25) is 0 Å². The Labute approximate surface area is 130 Å². The van der Waals surface area contributed by atoms with E-state index < -0.39 is 12.1 Å². The van der Waals surface area contributed by atoms with Gasteiger partial charge in [-0.2, -0.15) is 0 Å². The summed E-state index contributed by atoms with van der Waals surface area (Å²) < 4.78 is 10.9. The van der Waals surface area contributed by atoms with Crippen molar-refractivity contribution in [2.45, 2.75) is 26.4 Å². The first kappa shape index (κ1) is 15.9. The first-order valence-electron chi connectivity index (χ1n) is 7.10. The fourth-order valence-electron chi connectivity index (χ4n) is 2.32. The third-order valence-corrected chi connectivity index (χ3v) is 3.52. The van der Waals surface area contributed by atoms with Gasteiger partial charge in [-0.25, -0.2) is 4.79 Å². The molecule has 0 heterocycles. The van der Waals surface area contributed by atoms with Crippen LogP contribution in [0, 0.1) is 13.8 Å². The van der Waals surface area contributed by atoms with E-state index in [1.807, 2.05) is 38.1 Å². The molecule has 22 heavy (non-hydrogen) atoms. The summed E-state index contributed by atoms with van der Waals surface area (Å²) in [6, 6.07) is 13.0. The number of carboxylic acids is 1. The van der Waals surface area contributed by atoms with Crippen molar-refractivity contribution < 1.29 is 19.4 Å². The number of carbonyl (C=O) groups is 1. The summed E-state index contributed by atoms with van der Waals surface area (Å²) in [5.74, 6) is -0.0394. The Hall–Kier alpha value is -2.49. The van der Waals surface area contributed by atoms with Crippen molar-refractivity contribution >= 4 is 5.97 Å². The summed E-state index contributed by atoms with van der Waals surface area (Å²) in [5.41, 5.74) is 3.18. The molecule has 4 heteroatoms. The minimum absolute atomic E-state index is 0.305. The van der Waals surface area contributed by atoms with Crippen molar-refractivity contribution in [3.63, 3.8) is 0 Å². The average molecular weight is 300 g/mol. The predicted octanol–water partition coefficient (Wildman–Crippen LogP) is 3.39. The minimum Gasteiger partial charge on any atom is -0.493 e. The van der Waals surface area contributed by atoms with E-state index in [0.29, 0.717) is 17.9 Å². The van der Waals surface area contributed by atoms with E-state index in [1.165, 1.54) is 7.11 Å². The average Bonchev–Trinajstić information content (AvgIpc) is 2.49. The molecule has 0 aromatic heterocycles. The molecule has 0 saturated carbocycles. The summed E-state index contributed by atoms with van der Waals surface area (Å²) in [7, 11) is 1.53. The van der Waals surface area contributed by atoms with Crippen LogP contribution in [-0.4, -0.2) is 24.3 Å². The van der Waals surface area contributed by atoms with Crippen LogP contribution in [0.2, 0.25) is 0 Å². The van der Waals surface area contributed by atoms with E-state index >= 15 is 0 Å². The van der Waals surface area contributed by atoms with Crippen LogP contribution in [0.5, 0.6) is 11.5 Å². The van der Waals surface area contributed by atoms with E-state index in [4.69, 9.17) is 9.47 Å². The summed E-state index contributed by atoms with van der Waals surface area (Å²) >= 11 is 0. The van der Waals surface area contributed by atoms with Crippen LogP contribution >= 0.6 is 0 Å². The molecule has 0 fully saturated rings. The summed E-state index contributed by atoms with van der Waals surface area (Å²) in [5, 5.41) is 9.44. The zero-order valence-corrected chi connectivity index (χ0v) is 13.0. The molecule has 0 bridgehead atoms. The fraction of sp³-hybridized carbons (Fsp3) is 0.278. The van der Waals surface area contributed by atoms with Gasteiger partial charge in [0.05, 0.1) is 7.11 Å². The maximum Gasteiger partial charge on any atom is 0.345 e. The number of aliphatic carboxylic acids is 1. The molecule has 2 aromatic rings. The molecule has 0 aliphatic rings. The van der Waals surface area contributed by atoms with Gasteiger partial charge in [0, 0.05) is 6.42 Å². The molecule has 0 radical (unpaired) electrons. The van der Waals surface area contributed by atoms with E-state index in [2.05, 4.69) is 0 Å². The van der Waals surface area contributed by atoms with Crippen LogP contribution in [0.3, 0.4) is 0 Å². The molecule has 4 nitrogen and oxygen atoms in total. The van der Waals surface area contributed by atoms with Gasteiger partial charge in [-0.3, -0.25) is 0 Å². The van der Waals surface area contributed by atoms with Gasteiger partial charge in [-0.1, -0.05) is 35.9 Å². The minimum atomic E-state index is -0.995. The molecule has 0 unspecified atom stereocenters. The van der Waals surface area contributed by atoms with Crippen molar-refractivity contribution in [2.24, 2.45) is 0 Å². The number of benzene rings is 2. The highest BCUT2D eigenvalue weighted by atomic mass is 16.5. The molecule has 0 spiro atoms. The number of ether oxygens (including phenoxy) is 2. The second-order valence-electron chi connectivity index (χ2n) is 5.23. The lowest BCUT2D eigenvalue weighted by Gasteiger charge is -2.18. The lowest BCUT2D eigenvalue weighted by Crippen LogP contribution is -2.29. The molecule has 0 aliphatic heterocycles. The predicted molar refractivity (Wildman–Crippen MR) is 84.7 cm³/mol. The summed E-state index contributed by atoms with van der Waals surface area (Å²) in [4.78, 5) is 11.5. The van der Waals surface area contributed by atoms with Crippen molar-refractivity contribution in [3.8, 4) is 11.5 Å². The Kier molecular flexibility index (Phi) is 5.04. The van der Waals surface area contributed by atoms with Gasteiger partial charge in [0.15, 0.2) is 17.6 Å². The third kappa shape index (κ3) is 3.79. The molecule has 116 valence electrons. The Morgan fingerprint density at radius 3 is 2.41 bits per heavy atom. The third-order valence-electron chi connectivity index (χ3n) is 3.52. The Balaban J connectivity index is 2.22. The normalized spacial score (nSPS) is 11.8. The molecule has 0 aliphatic carbocycles. The van der Waals surface area contributed by atoms with Crippen molar-refractivity contribution in [1.29, 1.82) is 0 Å². The van der Waals surface area contributed by atoms with Gasteiger partial charge >= 0.3 is 5.97 Å². The van der Waals surface area contributed by atoms with E-state index in [1.54, 1.807) is 18.2 Å². The lowest BCUT2D eigenvalue weighted by atomic mass is 10.0. The number of hydrogen-bond donors (Lipinski definition) is 1. The van der Waals surface area contributed by atoms with Crippen LogP contribution in [0.15, 0.2) is 42.5 Å². The van der Waals surface area contributed by atoms with Crippen molar-refractivity contribution in [3.05, 3.63) is 59.2 Å². The highest BCUT2D eigenvalue weighted by Crippen LogP contribution is 2.27. The van der Waals surface area contributed by atoms with Gasteiger partial charge in [0.1, 0.15) is 0 Å².